The van der Waals surface area contributed by atoms with Crippen LogP contribution in [0.4, 0.5) is 0 Å². The van der Waals surface area contributed by atoms with Gasteiger partial charge in [-0.1, -0.05) is 30.2 Å². The van der Waals surface area contributed by atoms with Crippen LogP contribution in [-0.4, -0.2) is 12.1 Å². The summed E-state index contributed by atoms with van der Waals surface area (Å²) in [5.41, 5.74) is 0.467. The molecule has 0 saturated heterocycles. The summed E-state index contributed by atoms with van der Waals surface area (Å²) in [4.78, 5) is 11.8. The summed E-state index contributed by atoms with van der Waals surface area (Å²) in [5, 5.41) is 0.461. The van der Waals surface area contributed by atoms with E-state index in [0.29, 0.717) is 10.6 Å². The minimum absolute atomic E-state index is 0.0810. The van der Waals surface area contributed by atoms with Gasteiger partial charge in [0.1, 0.15) is 6.10 Å². The van der Waals surface area contributed by atoms with Crippen LogP contribution < -0.4 is 0 Å². The Morgan fingerprint density at radius 3 is 2.56 bits per heavy atom. The summed E-state index contributed by atoms with van der Waals surface area (Å²) < 4.78 is 5.43. The molecule has 0 heterocycles. The Hall–Kier alpha value is -1.02. The summed E-state index contributed by atoms with van der Waals surface area (Å²) in [6, 6.07) is 7.01. The van der Waals surface area contributed by atoms with E-state index < -0.39 is 0 Å². The number of esters is 1. The Morgan fingerprint density at radius 2 is 1.88 bits per heavy atom. The molecule has 1 saturated carbocycles. The second kappa shape index (κ2) is 5.35. The molecule has 0 N–H and O–H groups in total. The molecule has 1 aliphatic rings. The van der Waals surface area contributed by atoms with Gasteiger partial charge in [-0.3, -0.25) is 0 Å². The third kappa shape index (κ3) is 2.76. The zero-order chi connectivity index (χ0) is 11.4. The summed E-state index contributed by atoms with van der Waals surface area (Å²) in [5.74, 6) is -0.294. The average Bonchev–Trinajstić information content (AvgIpc) is 2.31. The summed E-state index contributed by atoms with van der Waals surface area (Å²) in [6.45, 7) is 0. The first-order valence-corrected chi connectivity index (χ1v) is 6.10. The standard InChI is InChI=1S/C13H15ClO2/c14-12-9-5-4-8-11(12)13(15)16-10-6-2-1-3-7-10/h4-5,8-10H,1-3,6-7H2. The summed E-state index contributed by atoms with van der Waals surface area (Å²) >= 11 is 5.94. The van der Waals surface area contributed by atoms with Crippen molar-refractivity contribution in [1.82, 2.24) is 0 Å². The van der Waals surface area contributed by atoms with Crippen molar-refractivity contribution in [2.75, 3.05) is 0 Å². The molecule has 3 heteroatoms. The molecule has 2 rings (SSSR count). The number of hydrogen-bond donors (Lipinski definition) is 0. The molecule has 0 spiro atoms. The number of carbonyl (C=O) groups excluding carboxylic acids is 1. The first-order valence-electron chi connectivity index (χ1n) is 5.73. The normalized spacial score (nSPS) is 17.1. The molecule has 0 atom stereocenters. The van der Waals surface area contributed by atoms with Gasteiger partial charge in [-0.2, -0.15) is 0 Å². The molecule has 86 valence electrons. The van der Waals surface area contributed by atoms with Crippen LogP contribution in [0.25, 0.3) is 0 Å². The second-order valence-corrected chi connectivity index (χ2v) is 4.55. The minimum Gasteiger partial charge on any atom is -0.459 e. The van der Waals surface area contributed by atoms with E-state index in [4.69, 9.17) is 16.3 Å². The van der Waals surface area contributed by atoms with Gasteiger partial charge in [0, 0.05) is 0 Å². The van der Waals surface area contributed by atoms with Gasteiger partial charge in [-0.25, -0.2) is 4.79 Å². The predicted molar refractivity (Wildman–Crippen MR) is 63.7 cm³/mol. The first-order chi connectivity index (χ1) is 7.77. The van der Waals surface area contributed by atoms with Crippen molar-refractivity contribution in [2.24, 2.45) is 0 Å². The molecular weight excluding hydrogens is 224 g/mol. The number of halogens is 1. The van der Waals surface area contributed by atoms with Gasteiger partial charge < -0.3 is 4.74 Å². The number of rotatable bonds is 2. The van der Waals surface area contributed by atoms with E-state index in [2.05, 4.69) is 0 Å². The summed E-state index contributed by atoms with van der Waals surface area (Å²) in [6.07, 6.45) is 5.60. The lowest BCUT2D eigenvalue weighted by Crippen LogP contribution is -2.21. The molecule has 0 aromatic heterocycles. The van der Waals surface area contributed by atoms with E-state index >= 15 is 0 Å². The number of hydrogen-bond acceptors (Lipinski definition) is 2. The third-order valence-electron chi connectivity index (χ3n) is 2.92. The van der Waals surface area contributed by atoms with Crippen molar-refractivity contribution in [1.29, 1.82) is 0 Å². The van der Waals surface area contributed by atoms with Gasteiger partial charge in [0.15, 0.2) is 0 Å². The average molecular weight is 239 g/mol. The highest BCUT2D eigenvalue weighted by Gasteiger charge is 2.19. The quantitative estimate of drug-likeness (QED) is 0.732. The molecule has 1 fully saturated rings. The molecule has 0 bridgehead atoms. The van der Waals surface area contributed by atoms with Crippen molar-refractivity contribution in [3.63, 3.8) is 0 Å². The van der Waals surface area contributed by atoms with Gasteiger partial charge in [-0.15, -0.1) is 0 Å². The molecule has 1 aromatic carbocycles. The van der Waals surface area contributed by atoms with Crippen molar-refractivity contribution in [3.05, 3.63) is 34.9 Å². The summed E-state index contributed by atoms with van der Waals surface area (Å²) in [7, 11) is 0. The topological polar surface area (TPSA) is 26.3 Å². The number of ether oxygens (including phenoxy) is 1. The van der Waals surface area contributed by atoms with Gasteiger partial charge in [-0.05, 0) is 37.8 Å². The van der Waals surface area contributed by atoms with Crippen molar-refractivity contribution in [3.8, 4) is 0 Å². The first kappa shape index (κ1) is 11.5. The van der Waals surface area contributed by atoms with Gasteiger partial charge >= 0.3 is 5.97 Å². The predicted octanol–water partition coefficient (Wildman–Crippen LogP) is 3.83. The lowest BCUT2D eigenvalue weighted by atomic mass is 9.98. The smallest absolute Gasteiger partial charge is 0.339 e. The third-order valence-corrected chi connectivity index (χ3v) is 3.25. The van der Waals surface area contributed by atoms with Crippen LogP contribution in [0, 0.1) is 0 Å². The van der Waals surface area contributed by atoms with Crippen LogP contribution in [0.3, 0.4) is 0 Å². The van der Waals surface area contributed by atoms with E-state index in [-0.39, 0.29) is 12.1 Å². The lowest BCUT2D eigenvalue weighted by Gasteiger charge is -2.21. The minimum atomic E-state index is -0.294. The molecular formula is C13H15ClO2. The van der Waals surface area contributed by atoms with E-state index in [1.165, 1.54) is 6.42 Å². The van der Waals surface area contributed by atoms with Crippen molar-refractivity contribution in [2.45, 2.75) is 38.2 Å². The molecule has 16 heavy (non-hydrogen) atoms. The Kier molecular flexibility index (Phi) is 3.83. The van der Waals surface area contributed by atoms with Gasteiger partial charge in [0.05, 0.1) is 10.6 Å². The van der Waals surface area contributed by atoms with E-state index in [0.717, 1.165) is 25.7 Å². The Morgan fingerprint density at radius 1 is 1.19 bits per heavy atom. The zero-order valence-electron chi connectivity index (χ0n) is 9.12. The van der Waals surface area contributed by atoms with Gasteiger partial charge in [0.25, 0.3) is 0 Å². The highest BCUT2D eigenvalue weighted by atomic mass is 35.5. The molecule has 0 aliphatic heterocycles. The monoisotopic (exact) mass is 238 g/mol. The van der Waals surface area contributed by atoms with Crippen LogP contribution in [0.2, 0.25) is 5.02 Å². The van der Waals surface area contributed by atoms with Crippen molar-refractivity contribution >= 4 is 17.6 Å². The van der Waals surface area contributed by atoms with Crippen LogP contribution in [-0.2, 0) is 4.74 Å². The number of benzene rings is 1. The highest BCUT2D eigenvalue weighted by Crippen LogP contribution is 2.23. The number of carbonyl (C=O) groups is 1. The van der Waals surface area contributed by atoms with Gasteiger partial charge in [0.2, 0.25) is 0 Å². The Bertz CT molecular complexity index is 370. The maximum absolute atomic E-state index is 11.8. The molecule has 0 amide bonds. The molecule has 0 radical (unpaired) electrons. The lowest BCUT2D eigenvalue weighted by molar-refractivity contribution is 0.0211. The van der Waals surface area contributed by atoms with Crippen LogP contribution in [0.15, 0.2) is 24.3 Å². The second-order valence-electron chi connectivity index (χ2n) is 4.15. The largest absolute Gasteiger partial charge is 0.459 e. The van der Waals surface area contributed by atoms with Crippen LogP contribution in [0.1, 0.15) is 42.5 Å². The maximum Gasteiger partial charge on any atom is 0.339 e. The molecule has 2 nitrogen and oxygen atoms in total. The fraction of sp³-hybridized carbons (Fsp3) is 0.462. The fourth-order valence-electron chi connectivity index (χ4n) is 2.02. The van der Waals surface area contributed by atoms with Crippen LogP contribution >= 0.6 is 11.6 Å². The Labute approximate surface area is 101 Å². The van der Waals surface area contributed by atoms with E-state index in [9.17, 15) is 4.79 Å². The van der Waals surface area contributed by atoms with E-state index in [1.807, 2.05) is 0 Å². The molecule has 0 unspecified atom stereocenters. The van der Waals surface area contributed by atoms with Crippen LogP contribution in [0.5, 0.6) is 0 Å². The molecule has 1 aromatic rings. The Balaban J connectivity index is 2.00. The zero-order valence-corrected chi connectivity index (χ0v) is 9.87. The van der Waals surface area contributed by atoms with E-state index in [1.54, 1.807) is 24.3 Å². The maximum atomic E-state index is 11.8. The highest BCUT2D eigenvalue weighted by molar-refractivity contribution is 6.33. The van der Waals surface area contributed by atoms with Crippen molar-refractivity contribution < 1.29 is 9.53 Å². The fourth-order valence-corrected chi connectivity index (χ4v) is 2.24. The SMILES string of the molecule is O=C(OC1CCCCC1)c1ccccc1Cl. The molecule has 1 aliphatic carbocycles.